The Hall–Kier alpha value is -5.09. The highest BCUT2D eigenvalue weighted by molar-refractivity contribution is 5.93. The number of benzene rings is 3. The van der Waals surface area contributed by atoms with Crippen LogP contribution in [0.5, 0.6) is 6.01 Å². The first-order valence-electron chi connectivity index (χ1n) is 15.4. The monoisotopic (exact) mass is 601 g/mol. The molecule has 2 fully saturated rings. The maximum absolute atomic E-state index is 14.7. The molecule has 1 unspecified atom stereocenters. The summed E-state index contributed by atoms with van der Waals surface area (Å²) in [5, 5.41) is 1.94. The summed E-state index contributed by atoms with van der Waals surface area (Å²) in [4.78, 5) is 47.9. The van der Waals surface area contributed by atoms with Gasteiger partial charge in [0.15, 0.2) is 11.3 Å². The molecule has 3 aromatic carbocycles. The molecule has 10 nitrogen and oxygen atoms in total. The van der Waals surface area contributed by atoms with Crippen LogP contribution in [0.1, 0.15) is 12.8 Å². The van der Waals surface area contributed by atoms with E-state index in [0.29, 0.717) is 49.9 Å². The third kappa shape index (κ3) is 5.42. The second kappa shape index (κ2) is 12.1. The smallest absolute Gasteiger partial charge is 0.319 e. The number of ether oxygens (including phenoxy) is 1. The molecule has 45 heavy (non-hydrogen) atoms. The van der Waals surface area contributed by atoms with Gasteiger partial charge in [0.25, 0.3) is 5.56 Å². The predicted octanol–water partition coefficient (Wildman–Crippen LogP) is 4.30. The number of nitrogens with zero attached hydrogens (tertiary/aromatic N) is 7. The van der Waals surface area contributed by atoms with Gasteiger partial charge in [0.2, 0.25) is 5.91 Å². The zero-order valence-corrected chi connectivity index (χ0v) is 25.3. The Labute approximate surface area is 261 Å². The van der Waals surface area contributed by atoms with E-state index >= 15 is 0 Å². The number of rotatable bonds is 7. The van der Waals surface area contributed by atoms with Crippen molar-refractivity contribution in [1.29, 1.82) is 0 Å². The van der Waals surface area contributed by atoms with Crippen LogP contribution in [0, 0.1) is 0 Å². The Morgan fingerprint density at radius 3 is 2.42 bits per heavy atom. The first-order valence-corrected chi connectivity index (χ1v) is 15.4. The van der Waals surface area contributed by atoms with Crippen LogP contribution in [0.2, 0.25) is 0 Å². The standard InChI is InChI=1S/C35H35N7O3/c1-3-29(43)40-19-21-41(22-20-40)33-30-31(37-35(38-33)45-23-26-15-10-18-39(26)2)34(44)42(32(36-30)25-12-5-4-6-13-25)28-17-9-14-24-11-7-8-16-27(24)28/h3-9,11-14,16-17,26H,1,10,15,18-23H2,2H3. The largest absolute Gasteiger partial charge is 0.462 e. The molecule has 2 saturated heterocycles. The van der Waals surface area contributed by atoms with Crippen molar-refractivity contribution in [3.63, 3.8) is 0 Å². The van der Waals surface area contributed by atoms with Crippen molar-refractivity contribution in [2.45, 2.75) is 18.9 Å². The number of carbonyl (C=O) groups excluding carboxylic acids is 1. The number of fused-ring (bicyclic) bond motifs is 2. The molecule has 2 aliphatic heterocycles. The number of carbonyl (C=O) groups is 1. The van der Waals surface area contributed by atoms with E-state index in [1.54, 1.807) is 9.47 Å². The minimum absolute atomic E-state index is 0.102. The van der Waals surface area contributed by atoms with Crippen LogP contribution in [0.25, 0.3) is 38.9 Å². The molecule has 1 amide bonds. The van der Waals surface area contributed by atoms with Crippen LogP contribution in [0.4, 0.5) is 5.82 Å². The van der Waals surface area contributed by atoms with Gasteiger partial charge in [0.05, 0.1) is 5.69 Å². The lowest BCUT2D eigenvalue weighted by Gasteiger charge is -2.35. The first kappa shape index (κ1) is 28.7. The molecule has 0 radical (unpaired) electrons. The maximum Gasteiger partial charge on any atom is 0.319 e. The van der Waals surface area contributed by atoms with Crippen molar-refractivity contribution in [2.24, 2.45) is 0 Å². The molecular formula is C35H35N7O3. The molecule has 2 aromatic heterocycles. The highest BCUT2D eigenvalue weighted by atomic mass is 16.5. The van der Waals surface area contributed by atoms with Gasteiger partial charge in [0, 0.05) is 43.2 Å². The van der Waals surface area contributed by atoms with Gasteiger partial charge < -0.3 is 19.4 Å². The number of aromatic nitrogens is 4. The van der Waals surface area contributed by atoms with Crippen LogP contribution in [0.15, 0.2) is 90.2 Å². The molecule has 0 saturated carbocycles. The number of amides is 1. The van der Waals surface area contributed by atoms with E-state index in [-0.39, 0.29) is 29.0 Å². The lowest BCUT2D eigenvalue weighted by atomic mass is 10.1. The van der Waals surface area contributed by atoms with E-state index in [9.17, 15) is 9.59 Å². The van der Waals surface area contributed by atoms with Crippen LogP contribution >= 0.6 is 0 Å². The molecule has 2 aliphatic rings. The molecule has 228 valence electrons. The fourth-order valence-electron chi connectivity index (χ4n) is 6.35. The zero-order valence-electron chi connectivity index (χ0n) is 25.3. The summed E-state index contributed by atoms with van der Waals surface area (Å²) < 4.78 is 7.88. The van der Waals surface area contributed by atoms with Gasteiger partial charge in [-0.25, -0.2) is 4.98 Å². The van der Waals surface area contributed by atoms with Gasteiger partial charge in [-0.05, 0) is 44.0 Å². The number of anilines is 1. The van der Waals surface area contributed by atoms with Crippen LogP contribution < -0.4 is 15.2 Å². The molecule has 0 aliphatic carbocycles. The average Bonchev–Trinajstić information content (AvgIpc) is 3.51. The van der Waals surface area contributed by atoms with E-state index < -0.39 is 0 Å². The molecule has 0 spiro atoms. The third-order valence-electron chi connectivity index (χ3n) is 8.86. The van der Waals surface area contributed by atoms with Crippen molar-refractivity contribution >= 4 is 33.5 Å². The Morgan fingerprint density at radius 1 is 0.911 bits per heavy atom. The quantitative estimate of drug-likeness (QED) is 0.255. The number of piperazine rings is 1. The highest BCUT2D eigenvalue weighted by Gasteiger charge is 2.28. The molecule has 0 bridgehead atoms. The normalized spacial score (nSPS) is 17.2. The fraction of sp³-hybridized carbons (Fsp3) is 0.286. The number of hydrogen-bond donors (Lipinski definition) is 0. The SMILES string of the molecule is C=CC(=O)N1CCN(c2nc(OCC3CCCN3C)nc3c(=O)n(-c4cccc5ccccc45)c(-c4ccccc4)nc23)CC1. The Kier molecular flexibility index (Phi) is 7.72. The summed E-state index contributed by atoms with van der Waals surface area (Å²) >= 11 is 0. The van der Waals surface area contributed by atoms with Crippen molar-refractivity contribution in [1.82, 2.24) is 29.3 Å². The van der Waals surface area contributed by atoms with Gasteiger partial charge in [-0.15, -0.1) is 0 Å². The van der Waals surface area contributed by atoms with Gasteiger partial charge in [-0.1, -0.05) is 73.3 Å². The van der Waals surface area contributed by atoms with Crippen molar-refractivity contribution in [3.05, 3.63) is 95.8 Å². The van der Waals surface area contributed by atoms with Crippen molar-refractivity contribution in [3.8, 4) is 23.1 Å². The molecular weight excluding hydrogens is 566 g/mol. The van der Waals surface area contributed by atoms with E-state index in [1.807, 2.05) is 72.8 Å². The fourth-order valence-corrected chi connectivity index (χ4v) is 6.35. The van der Waals surface area contributed by atoms with Gasteiger partial charge in [-0.3, -0.25) is 14.2 Å². The van der Waals surface area contributed by atoms with E-state index in [4.69, 9.17) is 19.7 Å². The molecule has 4 heterocycles. The summed E-state index contributed by atoms with van der Waals surface area (Å²) in [6.45, 7) is 7.11. The zero-order chi connectivity index (χ0) is 30.9. The molecule has 5 aromatic rings. The summed E-state index contributed by atoms with van der Waals surface area (Å²) in [5.74, 6) is 0.921. The Balaban J connectivity index is 1.43. The number of likely N-dealkylation sites (tertiary alicyclic amines) is 1. The predicted molar refractivity (Wildman–Crippen MR) is 176 cm³/mol. The number of likely N-dealkylation sites (N-methyl/N-ethyl adjacent to an activating group) is 1. The third-order valence-corrected chi connectivity index (χ3v) is 8.86. The van der Waals surface area contributed by atoms with Gasteiger partial charge in [-0.2, -0.15) is 9.97 Å². The summed E-state index contributed by atoms with van der Waals surface area (Å²) in [6.07, 6.45) is 3.49. The Morgan fingerprint density at radius 2 is 1.67 bits per heavy atom. The molecule has 7 rings (SSSR count). The minimum Gasteiger partial charge on any atom is -0.462 e. The van der Waals surface area contributed by atoms with E-state index in [2.05, 4.69) is 23.4 Å². The number of hydrogen-bond acceptors (Lipinski definition) is 8. The van der Waals surface area contributed by atoms with E-state index in [0.717, 1.165) is 41.4 Å². The summed E-state index contributed by atoms with van der Waals surface area (Å²) in [6, 6.07) is 24.0. The molecule has 0 N–H and O–H groups in total. The minimum atomic E-state index is -0.304. The highest BCUT2D eigenvalue weighted by Crippen LogP contribution is 2.31. The second-order valence-electron chi connectivity index (χ2n) is 11.6. The van der Waals surface area contributed by atoms with Crippen LogP contribution in [0.3, 0.4) is 0 Å². The molecule has 10 heteroatoms. The topological polar surface area (TPSA) is 96.7 Å². The van der Waals surface area contributed by atoms with Crippen molar-refractivity contribution in [2.75, 3.05) is 51.3 Å². The van der Waals surface area contributed by atoms with Crippen LogP contribution in [-0.4, -0.2) is 87.6 Å². The molecule has 1 atom stereocenters. The second-order valence-corrected chi connectivity index (χ2v) is 11.6. The van der Waals surface area contributed by atoms with E-state index in [1.165, 1.54) is 6.08 Å². The van der Waals surface area contributed by atoms with Gasteiger partial charge in [0.1, 0.15) is 17.9 Å². The average molecular weight is 602 g/mol. The lowest BCUT2D eigenvalue weighted by molar-refractivity contribution is -0.126. The van der Waals surface area contributed by atoms with Crippen molar-refractivity contribution < 1.29 is 9.53 Å². The summed E-state index contributed by atoms with van der Waals surface area (Å²) in [5.41, 5.74) is 1.80. The maximum atomic E-state index is 14.7. The first-order chi connectivity index (χ1) is 22.0. The van der Waals surface area contributed by atoms with Gasteiger partial charge >= 0.3 is 6.01 Å². The summed E-state index contributed by atoms with van der Waals surface area (Å²) in [7, 11) is 2.09. The van der Waals surface area contributed by atoms with Crippen LogP contribution in [-0.2, 0) is 4.79 Å². The Bertz CT molecular complexity index is 1950. The lowest BCUT2D eigenvalue weighted by Crippen LogP contribution is -2.48.